The minimum absolute atomic E-state index is 0.0205. The molecule has 0 aliphatic rings. The number of fused-ring (bicyclic) bond motifs is 1. The molecule has 0 amide bonds. The molecule has 0 atom stereocenters. The van der Waals surface area contributed by atoms with Crippen LogP contribution in [0.15, 0.2) is 35.1 Å². The van der Waals surface area contributed by atoms with Crippen LogP contribution in [-0.2, 0) is 13.0 Å². The number of H-pyrrole nitrogens is 1. The number of nitrogens with zero attached hydrogens (tertiary/aromatic N) is 2. The van der Waals surface area contributed by atoms with Crippen LogP contribution in [0.25, 0.3) is 10.2 Å². The van der Waals surface area contributed by atoms with Crippen molar-refractivity contribution in [2.45, 2.75) is 19.9 Å². The number of hydrogen-bond donors (Lipinski definition) is 1. The molecule has 0 fully saturated rings. The van der Waals surface area contributed by atoms with Crippen LogP contribution in [-0.4, -0.2) is 14.5 Å². The van der Waals surface area contributed by atoms with E-state index in [0.29, 0.717) is 10.2 Å². The molecule has 118 valence electrons. The zero-order valence-corrected chi connectivity index (χ0v) is 13.9. The predicted octanol–water partition coefficient (Wildman–Crippen LogP) is 3.64. The van der Waals surface area contributed by atoms with Crippen molar-refractivity contribution in [2.75, 3.05) is 0 Å². The van der Waals surface area contributed by atoms with Crippen molar-refractivity contribution < 1.29 is 4.92 Å². The van der Waals surface area contributed by atoms with Crippen LogP contribution >= 0.6 is 23.6 Å². The van der Waals surface area contributed by atoms with Crippen LogP contribution < -0.4 is 5.56 Å². The van der Waals surface area contributed by atoms with Gasteiger partial charge in [0.15, 0.2) is 4.77 Å². The van der Waals surface area contributed by atoms with Crippen molar-refractivity contribution in [1.29, 1.82) is 0 Å². The number of nitro groups is 1. The first-order valence-electron chi connectivity index (χ1n) is 6.98. The van der Waals surface area contributed by atoms with Crippen LogP contribution in [0.3, 0.4) is 0 Å². The molecule has 0 radical (unpaired) electrons. The summed E-state index contributed by atoms with van der Waals surface area (Å²) in [5, 5.41) is 11.3. The molecule has 0 aliphatic heterocycles. The van der Waals surface area contributed by atoms with E-state index in [-0.39, 0.29) is 17.8 Å². The molecule has 3 aromatic rings. The molecular formula is C15H13N3O3S2. The summed E-state index contributed by atoms with van der Waals surface area (Å²) in [4.78, 5) is 27.9. The van der Waals surface area contributed by atoms with Gasteiger partial charge in [0.2, 0.25) is 0 Å². The Morgan fingerprint density at radius 3 is 2.65 bits per heavy atom. The molecule has 1 N–H and O–H groups in total. The summed E-state index contributed by atoms with van der Waals surface area (Å²) in [6.45, 7) is 2.31. The van der Waals surface area contributed by atoms with Gasteiger partial charge in [0.1, 0.15) is 4.83 Å². The summed E-state index contributed by atoms with van der Waals surface area (Å²) in [7, 11) is 0. The van der Waals surface area contributed by atoms with Crippen molar-refractivity contribution in [3.8, 4) is 0 Å². The van der Waals surface area contributed by atoms with Gasteiger partial charge in [-0.15, -0.1) is 11.3 Å². The highest BCUT2D eigenvalue weighted by Crippen LogP contribution is 2.21. The average molecular weight is 347 g/mol. The summed E-state index contributed by atoms with van der Waals surface area (Å²) in [6, 6.07) is 8.00. The first-order chi connectivity index (χ1) is 11.0. The molecule has 2 aromatic heterocycles. The van der Waals surface area contributed by atoms with E-state index in [9.17, 15) is 14.9 Å². The van der Waals surface area contributed by atoms with Crippen LogP contribution in [0.4, 0.5) is 5.69 Å². The van der Waals surface area contributed by atoms with Crippen molar-refractivity contribution >= 4 is 39.5 Å². The summed E-state index contributed by atoms with van der Waals surface area (Å²) in [5.41, 5.74) is 0.660. The van der Waals surface area contributed by atoms with Crippen molar-refractivity contribution in [3.05, 3.63) is 66.0 Å². The van der Waals surface area contributed by atoms with Gasteiger partial charge in [-0.1, -0.05) is 19.1 Å². The van der Waals surface area contributed by atoms with Crippen molar-refractivity contribution in [2.24, 2.45) is 0 Å². The number of thiophene rings is 1. The molecule has 0 aliphatic carbocycles. The van der Waals surface area contributed by atoms with Gasteiger partial charge in [-0.3, -0.25) is 19.5 Å². The highest BCUT2D eigenvalue weighted by atomic mass is 32.1. The average Bonchev–Trinajstić information content (AvgIpc) is 2.95. The van der Waals surface area contributed by atoms with E-state index < -0.39 is 4.92 Å². The van der Waals surface area contributed by atoms with E-state index in [1.54, 1.807) is 12.1 Å². The first kappa shape index (κ1) is 15.6. The van der Waals surface area contributed by atoms with Crippen molar-refractivity contribution in [1.82, 2.24) is 9.55 Å². The van der Waals surface area contributed by atoms with Gasteiger partial charge in [-0.2, -0.15) is 0 Å². The van der Waals surface area contributed by atoms with Gasteiger partial charge in [0.25, 0.3) is 11.2 Å². The second-order valence-corrected chi connectivity index (χ2v) is 6.58. The first-order valence-corrected chi connectivity index (χ1v) is 8.21. The Morgan fingerprint density at radius 2 is 2.04 bits per heavy atom. The standard InChI is InChI=1S/C15H13N3O3S2/c1-2-11-7-12-13(23-11)16-15(22)17(14(12)19)8-9-3-5-10(6-4-9)18(20)21/h3-7H,2,8H2,1H3,(H,16,22). The maximum absolute atomic E-state index is 12.6. The Hall–Kier alpha value is -2.32. The molecule has 3 rings (SSSR count). The molecule has 0 unspecified atom stereocenters. The monoisotopic (exact) mass is 347 g/mol. The Balaban J connectivity index is 2.04. The van der Waals surface area contributed by atoms with Crippen molar-refractivity contribution in [3.63, 3.8) is 0 Å². The smallest absolute Gasteiger partial charge is 0.269 e. The molecule has 0 spiro atoms. The molecule has 2 heterocycles. The second kappa shape index (κ2) is 6.05. The molecule has 6 nitrogen and oxygen atoms in total. The molecule has 23 heavy (non-hydrogen) atoms. The van der Waals surface area contributed by atoms with E-state index in [2.05, 4.69) is 4.98 Å². The summed E-state index contributed by atoms with van der Waals surface area (Å²) >= 11 is 6.82. The van der Waals surface area contributed by atoms with Crippen LogP contribution in [0.5, 0.6) is 0 Å². The third-order valence-corrected chi connectivity index (χ3v) is 5.08. The number of nitrogens with one attached hydrogen (secondary N) is 1. The largest absolute Gasteiger partial charge is 0.323 e. The normalized spacial score (nSPS) is 11.0. The van der Waals surface area contributed by atoms with E-state index in [4.69, 9.17) is 12.2 Å². The number of aromatic nitrogens is 2. The summed E-state index contributed by atoms with van der Waals surface area (Å²) < 4.78 is 1.83. The fourth-order valence-corrected chi connectivity index (χ4v) is 3.62. The van der Waals surface area contributed by atoms with E-state index in [1.807, 2.05) is 13.0 Å². The van der Waals surface area contributed by atoms with Crippen LogP contribution in [0, 0.1) is 14.9 Å². The molecule has 8 heteroatoms. The highest BCUT2D eigenvalue weighted by Gasteiger charge is 2.10. The molecular weight excluding hydrogens is 334 g/mol. The Labute approximate surface area is 140 Å². The number of hydrogen-bond acceptors (Lipinski definition) is 5. The van der Waals surface area contributed by atoms with E-state index in [1.165, 1.54) is 28.0 Å². The Kier molecular flexibility index (Phi) is 4.10. The van der Waals surface area contributed by atoms with Crippen LogP contribution in [0.2, 0.25) is 0 Å². The molecule has 0 saturated heterocycles. The fourth-order valence-electron chi connectivity index (χ4n) is 2.32. The number of aromatic amines is 1. The van der Waals surface area contributed by atoms with E-state index >= 15 is 0 Å². The maximum Gasteiger partial charge on any atom is 0.269 e. The summed E-state index contributed by atoms with van der Waals surface area (Å²) in [6.07, 6.45) is 0.863. The number of benzene rings is 1. The van der Waals surface area contributed by atoms with Crippen LogP contribution in [0.1, 0.15) is 17.4 Å². The number of aryl methyl sites for hydroxylation is 1. The SMILES string of the molecule is CCc1cc2c(=O)n(Cc3ccc([N+](=O)[O-])cc3)c(=S)[nH]c2s1. The van der Waals surface area contributed by atoms with Gasteiger partial charge in [-0.05, 0) is 30.3 Å². The topological polar surface area (TPSA) is 80.9 Å². The highest BCUT2D eigenvalue weighted by molar-refractivity contribution is 7.71. The Morgan fingerprint density at radius 1 is 1.35 bits per heavy atom. The number of non-ortho nitro benzene ring substituents is 1. The Bertz CT molecular complexity index is 999. The minimum Gasteiger partial charge on any atom is -0.323 e. The molecule has 0 bridgehead atoms. The van der Waals surface area contributed by atoms with Gasteiger partial charge >= 0.3 is 0 Å². The lowest BCUT2D eigenvalue weighted by Crippen LogP contribution is -2.22. The third kappa shape index (κ3) is 2.95. The third-order valence-electron chi connectivity index (χ3n) is 3.56. The predicted molar refractivity (Wildman–Crippen MR) is 92.8 cm³/mol. The van der Waals surface area contributed by atoms with Gasteiger partial charge in [-0.25, -0.2) is 0 Å². The molecule has 1 aromatic carbocycles. The second-order valence-electron chi connectivity index (χ2n) is 5.05. The summed E-state index contributed by atoms with van der Waals surface area (Å²) in [5.74, 6) is 0. The minimum atomic E-state index is -0.452. The van der Waals surface area contributed by atoms with E-state index in [0.717, 1.165) is 21.7 Å². The maximum atomic E-state index is 12.6. The lowest BCUT2D eigenvalue weighted by atomic mass is 10.2. The fraction of sp³-hybridized carbons (Fsp3) is 0.200. The lowest BCUT2D eigenvalue weighted by molar-refractivity contribution is -0.384. The number of rotatable bonds is 4. The zero-order valence-electron chi connectivity index (χ0n) is 12.2. The molecule has 0 saturated carbocycles. The number of nitro benzene ring substituents is 1. The van der Waals surface area contributed by atoms with Gasteiger partial charge in [0.05, 0.1) is 16.9 Å². The van der Waals surface area contributed by atoms with Gasteiger partial charge < -0.3 is 4.98 Å². The zero-order chi connectivity index (χ0) is 16.6. The van der Waals surface area contributed by atoms with Gasteiger partial charge in [0, 0.05) is 17.0 Å². The lowest BCUT2D eigenvalue weighted by Gasteiger charge is -2.06. The quantitative estimate of drug-likeness (QED) is 0.444.